The van der Waals surface area contributed by atoms with Gasteiger partial charge in [0.05, 0.1) is 0 Å². The molecule has 0 radical (unpaired) electrons. The van der Waals surface area contributed by atoms with Gasteiger partial charge in [-0.25, -0.2) is 0 Å². The molecule has 2 rings (SSSR count). The zero-order valence-corrected chi connectivity index (χ0v) is 11.5. The summed E-state index contributed by atoms with van der Waals surface area (Å²) < 4.78 is 0. The third-order valence-corrected chi connectivity index (χ3v) is 5.80. The molecule has 0 spiro atoms. The lowest BCUT2D eigenvalue weighted by atomic mass is 9.95. The molecule has 0 saturated heterocycles. The Morgan fingerprint density at radius 2 is 1.69 bits per heavy atom. The molecule has 2 unspecified atom stereocenters. The van der Waals surface area contributed by atoms with E-state index < -0.39 is 0 Å². The van der Waals surface area contributed by atoms with Crippen molar-refractivity contribution in [1.82, 2.24) is 5.32 Å². The molecule has 0 amide bonds. The van der Waals surface area contributed by atoms with Gasteiger partial charge in [-0.05, 0) is 38.6 Å². The molecule has 16 heavy (non-hydrogen) atoms. The topological polar surface area (TPSA) is 12.0 Å². The van der Waals surface area contributed by atoms with Crippen molar-refractivity contribution in [2.75, 3.05) is 6.54 Å². The van der Waals surface area contributed by atoms with E-state index in [1.54, 1.807) is 0 Å². The third-order valence-electron chi connectivity index (χ3n) is 4.03. The Kier molecular flexibility index (Phi) is 5.51. The van der Waals surface area contributed by atoms with Gasteiger partial charge >= 0.3 is 0 Å². The molecule has 2 aliphatic carbocycles. The van der Waals surface area contributed by atoms with Crippen molar-refractivity contribution in [3.63, 3.8) is 0 Å². The van der Waals surface area contributed by atoms with Crippen LogP contribution in [0.3, 0.4) is 0 Å². The summed E-state index contributed by atoms with van der Waals surface area (Å²) in [6.07, 6.45) is 13.0. The minimum atomic E-state index is 0.819. The minimum absolute atomic E-state index is 0.819. The molecule has 2 saturated carbocycles. The highest BCUT2D eigenvalue weighted by molar-refractivity contribution is 8.00. The summed E-state index contributed by atoms with van der Waals surface area (Å²) in [7, 11) is 0. The van der Waals surface area contributed by atoms with Gasteiger partial charge in [0.2, 0.25) is 0 Å². The minimum Gasteiger partial charge on any atom is -0.313 e. The van der Waals surface area contributed by atoms with Crippen molar-refractivity contribution in [3.05, 3.63) is 0 Å². The molecule has 2 fully saturated rings. The summed E-state index contributed by atoms with van der Waals surface area (Å²) in [5.74, 6) is 0. The Bertz CT molecular complexity index is 189. The van der Waals surface area contributed by atoms with Crippen molar-refractivity contribution >= 4 is 11.8 Å². The van der Waals surface area contributed by atoms with Gasteiger partial charge in [0.15, 0.2) is 0 Å². The second-order valence-corrected chi connectivity index (χ2v) is 6.97. The molecule has 0 bridgehead atoms. The van der Waals surface area contributed by atoms with Gasteiger partial charge < -0.3 is 5.32 Å². The average Bonchev–Trinajstić information content (AvgIpc) is 2.81. The van der Waals surface area contributed by atoms with Crippen molar-refractivity contribution in [2.24, 2.45) is 0 Å². The summed E-state index contributed by atoms with van der Waals surface area (Å²) in [6, 6.07) is 0.819. The van der Waals surface area contributed by atoms with E-state index >= 15 is 0 Å². The van der Waals surface area contributed by atoms with E-state index in [1.807, 2.05) is 0 Å². The highest BCUT2D eigenvalue weighted by Gasteiger charge is 2.28. The Morgan fingerprint density at radius 3 is 2.44 bits per heavy atom. The van der Waals surface area contributed by atoms with Gasteiger partial charge in [0, 0.05) is 16.5 Å². The van der Waals surface area contributed by atoms with Gasteiger partial charge in [0.25, 0.3) is 0 Å². The fourth-order valence-electron chi connectivity index (χ4n) is 3.09. The zero-order chi connectivity index (χ0) is 11.2. The zero-order valence-electron chi connectivity index (χ0n) is 10.7. The maximum Gasteiger partial charge on any atom is 0.0203 e. The lowest BCUT2D eigenvalue weighted by molar-refractivity contribution is 0.384. The van der Waals surface area contributed by atoms with Crippen LogP contribution in [0.25, 0.3) is 0 Å². The molecule has 94 valence electrons. The quantitative estimate of drug-likeness (QED) is 0.781. The Labute approximate surface area is 105 Å². The van der Waals surface area contributed by atoms with Crippen LogP contribution < -0.4 is 5.32 Å². The Balaban J connectivity index is 1.78. The van der Waals surface area contributed by atoms with E-state index in [2.05, 4.69) is 24.0 Å². The van der Waals surface area contributed by atoms with Gasteiger partial charge in [-0.3, -0.25) is 0 Å². The monoisotopic (exact) mass is 241 g/mol. The first-order valence-electron chi connectivity index (χ1n) is 7.29. The molecule has 1 N–H and O–H groups in total. The number of nitrogens with one attached hydrogen (secondary N) is 1. The largest absolute Gasteiger partial charge is 0.313 e. The van der Waals surface area contributed by atoms with Crippen LogP contribution in [0.1, 0.15) is 64.7 Å². The lowest BCUT2D eigenvalue weighted by Crippen LogP contribution is -2.41. The van der Waals surface area contributed by atoms with Gasteiger partial charge in [-0.2, -0.15) is 11.8 Å². The molecule has 0 aliphatic heterocycles. The lowest BCUT2D eigenvalue weighted by Gasteiger charge is -2.33. The normalized spacial score (nSPS) is 32.1. The van der Waals surface area contributed by atoms with Crippen LogP contribution in [0.15, 0.2) is 0 Å². The fourth-order valence-corrected chi connectivity index (χ4v) is 4.92. The molecule has 0 aromatic heterocycles. The van der Waals surface area contributed by atoms with E-state index in [-0.39, 0.29) is 0 Å². The second kappa shape index (κ2) is 6.90. The highest BCUT2D eigenvalue weighted by Crippen LogP contribution is 2.37. The molecular formula is C14H27NS. The number of hydrogen-bond acceptors (Lipinski definition) is 2. The maximum atomic E-state index is 3.77. The van der Waals surface area contributed by atoms with Gasteiger partial charge in [-0.1, -0.05) is 32.6 Å². The van der Waals surface area contributed by atoms with Crippen LogP contribution >= 0.6 is 11.8 Å². The van der Waals surface area contributed by atoms with Crippen LogP contribution in [0.2, 0.25) is 0 Å². The molecule has 2 aliphatic rings. The molecule has 2 atom stereocenters. The summed E-state index contributed by atoms with van der Waals surface area (Å²) in [4.78, 5) is 0. The van der Waals surface area contributed by atoms with Crippen LogP contribution in [0.4, 0.5) is 0 Å². The van der Waals surface area contributed by atoms with E-state index in [9.17, 15) is 0 Å². The second-order valence-electron chi connectivity index (χ2n) is 5.43. The first-order chi connectivity index (χ1) is 7.90. The SMILES string of the molecule is CCCNC1CCCCC1SC1CCCC1. The van der Waals surface area contributed by atoms with E-state index in [0.717, 1.165) is 16.5 Å². The summed E-state index contributed by atoms with van der Waals surface area (Å²) in [5.41, 5.74) is 0. The molecule has 0 heterocycles. The molecular weight excluding hydrogens is 214 g/mol. The fraction of sp³-hybridized carbons (Fsp3) is 1.00. The Morgan fingerprint density at radius 1 is 1.00 bits per heavy atom. The van der Waals surface area contributed by atoms with Crippen molar-refractivity contribution in [2.45, 2.75) is 81.3 Å². The van der Waals surface area contributed by atoms with Gasteiger partial charge in [0.1, 0.15) is 0 Å². The predicted molar refractivity (Wildman–Crippen MR) is 74.2 cm³/mol. The highest BCUT2D eigenvalue weighted by atomic mass is 32.2. The summed E-state index contributed by atoms with van der Waals surface area (Å²) >= 11 is 2.32. The smallest absolute Gasteiger partial charge is 0.0203 e. The van der Waals surface area contributed by atoms with Crippen molar-refractivity contribution in [1.29, 1.82) is 0 Å². The number of hydrogen-bond donors (Lipinski definition) is 1. The van der Waals surface area contributed by atoms with Crippen molar-refractivity contribution in [3.8, 4) is 0 Å². The summed E-state index contributed by atoms with van der Waals surface area (Å²) in [6.45, 7) is 3.49. The Hall–Kier alpha value is 0.310. The molecule has 0 aromatic carbocycles. The molecule has 1 nitrogen and oxygen atoms in total. The van der Waals surface area contributed by atoms with E-state index in [0.29, 0.717) is 0 Å². The first kappa shape index (κ1) is 12.8. The van der Waals surface area contributed by atoms with E-state index in [4.69, 9.17) is 0 Å². The standard InChI is InChI=1S/C14H27NS/c1-2-11-15-13-9-5-6-10-14(13)16-12-7-3-4-8-12/h12-15H,2-11H2,1H3. The first-order valence-corrected chi connectivity index (χ1v) is 8.23. The predicted octanol–water partition coefficient (Wildman–Crippen LogP) is 3.97. The third kappa shape index (κ3) is 3.66. The van der Waals surface area contributed by atoms with Crippen LogP contribution in [-0.4, -0.2) is 23.1 Å². The van der Waals surface area contributed by atoms with Crippen molar-refractivity contribution < 1.29 is 0 Å². The average molecular weight is 241 g/mol. The van der Waals surface area contributed by atoms with Gasteiger partial charge in [-0.15, -0.1) is 0 Å². The van der Waals surface area contributed by atoms with E-state index in [1.165, 1.54) is 64.3 Å². The van der Waals surface area contributed by atoms with Crippen LogP contribution in [0.5, 0.6) is 0 Å². The van der Waals surface area contributed by atoms with Crippen LogP contribution in [0, 0.1) is 0 Å². The van der Waals surface area contributed by atoms with Crippen LogP contribution in [-0.2, 0) is 0 Å². The molecule has 2 heteroatoms. The molecule has 0 aromatic rings. The number of thioether (sulfide) groups is 1. The summed E-state index contributed by atoms with van der Waals surface area (Å²) in [5, 5.41) is 5.69. The number of rotatable bonds is 5. The maximum absolute atomic E-state index is 3.77.